The highest BCUT2D eigenvalue weighted by Gasteiger charge is 2.24. The van der Waals surface area contributed by atoms with Gasteiger partial charge in [0, 0.05) is 31.1 Å². The molecular weight excluding hydrogens is 239 g/mol. The van der Waals surface area contributed by atoms with Gasteiger partial charge in [0.25, 0.3) is 0 Å². The van der Waals surface area contributed by atoms with Crippen LogP contribution in [0.2, 0.25) is 0 Å². The minimum atomic E-state index is -0.587. The van der Waals surface area contributed by atoms with Crippen LogP contribution in [0.1, 0.15) is 31.4 Å². The SMILES string of the molecule is [CH2-][NH2+][C@@H](c1ccccc1)[C@@H](C)CN1CCC(F)CC1. The Bertz CT molecular complexity index is 360. The Morgan fingerprint density at radius 1 is 1.32 bits per heavy atom. The molecule has 1 saturated heterocycles. The Morgan fingerprint density at radius 2 is 1.95 bits per heavy atom. The molecule has 1 aromatic carbocycles. The van der Waals surface area contributed by atoms with Crippen LogP contribution >= 0.6 is 0 Å². The molecule has 2 nitrogen and oxygen atoms in total. The molecule has 3 heteroatoms. The lowest BCUT2D eigenvalue weighted by Gasteiger charge is -2.33. The molecule has 0 unspecified atom stereocenters. The van der Waals surface area contributed by atoms with E-state index in [9.17, 15) is 4.39 Å². The van der Waals surface area contributed by atoms with Gasteiger partial charge < -0.3 is 10.2 Å². The van der Waals surface area contributed by atoms with Crippen LogP contribution in [0.5, 0.6) is 0 Å². The largest absolute Gasteiger partial charge is 0.472 e. The molecule has 1 heterocycles. The first-order valence-corrected chi connectivity index (χ1v) is 7.24. The summed E-state index contributed by atoms with van der Waals surface area (Å²) in [5, 5.41) is 2.04. The summed E-state index contributed by atoms with van der Waals surface area (Å²) >= 11 is 0. The number of hydrogen-bond donors (Lipinski definition) is 1. The summed E-state index contributed by atoms with van der Waals surface area (Å²) < 4.78 is 13.1. The summed E-state index contributed by atoms with van der Waals surface area (Å²) in [5.74, 6) is 0.510. The molecule has 2 rings (SSSR count). The van der Waals surface area contributed by atoms with Gasteiger partial charge in [0.2, 0.25) is 0 Å². The lowest BCUT2D eigenvalue weighted by atomic mass is 9.93. The molecule has 2 atom stereocenters. The smallest absolute Gasteiger partial charge is 0.103 e. The van der Waals surface area contributed by atoms with E-state index in [1.807, 2.05) is 11.4 Å². The van der Waals surface area contributed by atoms with Crippen molar-refractivity contribution in [2.24, 2.45) is 5.92 Å². The number of hydrogen-bond acceptors (Lipinski definition) is 1. The molecule has 1 aliphatic heterocycles. The molecular formula is C16H25FN2. The fraction of sp³-hybridized carbons (Fsp3) is 0.562. The highest BCUT2D eigenvalue weighted by molar-refractivity contribution is 5.17. The molecule has 19 heavy (non-hydrogen) atoms. The van der Waals surface area contributed by atoms with Crippen molar-refractivity contribution in [3.63, 3.8) is 0 Å². The third-order valence-corrected chi connectivity index (χ3v) is 4.11. The van der Waals surface area contributed by atoms with Crippen molar-refractivity contribution in [3.05, 3.63) is 42.9 Å². The fourth-order valence-electron chi connectivity index (χ4n) is 2.98. The number of nitrogens with zero attached hydrogens (tertiary/aromatic N) is 1. The van der Waals surface area contributed by atoms with Crippen LogP contribution in [0, 0.1) is 13.0 Å². The summed E-state index contributed by atoms with van der Waals surface area (Å²) in [5.41, 5.74) is 1.32. The maximum absolute atomic E-state index is 13.1. The van der Waals surface area contributed by atoms with Crippen LogP contribution in [0.25, 0.3) is 0 Å². The van der Waals surface area contributed by atoms with Crippen molar-refractivity contribution in [1.29, 1.82) is 0 Å². The van der Waals surface area contributed by atoms with Crippen LogP contribution < -0.4 is 5.32 Å². The van der Waals surface area contributed by atoms with Crippen molar-refractivity contribution in [3.8, 4) is 0 Å². The normalized spacial score (nSPS) is 21.2. The first-order valence-electron chi connectivity index (χ1n) is 7.24. The average molecular weight is 264 g/mol. The van der Waals surface area contributed by atoms with Crippen LogP contribution in [0.3, 0.4) is 0 Å². The molecule has 2 N–H and O–H groups in total. The van der Waals surface area contributed by atoms with Gasteiger partial charge in [-0.3, -0.25) is 0 Å². The second-order valence-corrected chi connectivity index (χ2v) is 5.62. The van der Waals surface area contributed by atoms with Crippen molar-refractivity contribution in [2.45, 2.75) is 32.0 Å². The van der Waals surface area contributed by atoms with E-state index in [0.29, 0.717) is 24.8 Å². The number of nitrogens with two attached hydrogens (primary N) is 1. The number of rotatable bonds is 5. The Hall–Kier alpha value is -0.930. The standard InChI is InChI=1S/C16H25FN2/c1-13(12-19-10-8-15(17)9-11-19)16(18-2)14-6-4-3-5-7-14/h3-7,13,15-16H,2,8-12,18H2,1H3/t13-,16+/m0/s1. The molecule has 0 radical (unpaired) electrons. The summed E-state index contributed by atoms with van der Waals surface area (Å²) in [6.45, 7) is 5.08. The molecule has 1 aliphatic rings. The molecule has 0 spiro atoms. The summed E-state index contributed by atoms with van der Waals surface area (Å²) in [4.78, 5) is 2.39. The van der Waals surface area contributed by atoms with Gasteiger partial charge in [0.15, 0.2) is 0 Å². The molecule has 1 fully saturated rings. The van der Waals surface area contributed by atoms with Gasteiger partial charge in [0.05, 0.1) is 6.04 Å². The Balaban J connectivity index is 1.92. The number of piperidine rings is 1. The summed E-state index contributed by atoms with van der Waals surface area (Å²) in [6.07, 6.45) is 0.795. The van der Waals surface area contributed by atoms with Gasteiger partial charge >= 0.3 is 0 Å². The van der Waals surface area contributed by atoms with Crippen LogP contribution in [-0.2, 0) is 0 Å². The molecule has 0 saturated carbocycles. The molecule has 0 aliphatic carbocycles. The monoisotopic (exact) mass is 264 g/mol. The molecule has 106 valence electrons. The maximum Gasteiger partial charge on any atom is 0.103 e. The van der Waals surface area contributed by atoms with Crippen LogP contribution in [0.15, 0.2) is 30.3 Å². The van der Waals surface area contributed by atoms with Gasteiger partial charge in [-0.15, -0.1) is 0 Å². The summed E-state index contributed by atoms with van der Waals surface area (Å²) in [7, 11) is 3.99. The van der Waals surface area contributed by atoms with E-state index >= 15 is 0 Å². The van der Waals surface area contributed by atoms with E-state index in [4.69, 9.17) is 0 Å². The van der Waals surface area contributed by atoms with Crippen molar-refractivity contribution in [1.82, 2.24) is 4.90 Å². The Labute approximate surface area is 116 Å². The number of benzene rings is 1. The van der Waals surface area contributed by atoms with Crippen LogP contribution in [-0.4, -0.2) is 30.7 Å². The third-order valence-electron chi connectivity index (χ3n) is 4.11. The van der Waals surface area contributed by atoms with Crippen LogP contribution in [0.4, 0.5) is 4.39 Å². The van der Waals surface area contributed by atoms with Crippen molar-refractivity contribution < 1.29 is 9.71 Å². The van der Waals surface area contributed by atoms with Gasteiger partial charge in [-0.25, -0.2) is 4.39 Å². The zero-order chi connectivity index (χ0) is 13.7. The van der Waals surface area contributed by atoms with Gasteiger partial charge in [-0.05, 0) is 12.8 Å². The molecule has 0 bridgehead atoms. The lowest BCUT2D eigenvalue weighted by Crippen LogP contribution is -2.80. The minimum absolute atomic E-state index is 0.379. The van der Waals surface area contributed by atoms with Gasteiger partial charge in [0.1, 0.15) is 6.17 Å². The third kappa shape index (κ3) is 4.02. The zero-order valence-corrected chi connectivity index (χ0v) is 11.8. The second kappa shape index (κ2) is 7.01. The maximum atomic E-state index is 13.1. The van der Waals surface area contributed by atoms with E-state index in [2.05, 4.69) is 43.1 Å². The Kier molecular flexibility index (Phi) is 5.34. The van der Waals surface area contributed by atoms with E-state index < -0.39 is 6.17 Å². The topological polar surface area (TPSA) is 19.9 Å². The van der Waals surface area contributed by atoms with Crippen molar-refractivity contribution in [2.75, 3.05) is 19.6 Å². The van der Waals surface area contributed by atoms with E-state index in [-0.39, 0.29) is 0 Å². The Morgan fingerprint density at radius 3 is 2.53 bits per heavy atom. The number of quaternary nitrogens is 1. The first kappa shape index (κ1) is 14.5. The van der Waals surface area contributed by atoms with Crippen molar-refractivity contribution >= 4 is 0 Å². The average Bonchev–Trinajstić information content (AvgIpc) is 2.43. The molecule has 1 aromatic rings. The number of halogens is 1. The molecule has 0 aromatic heterocycles. The van der Waals surface area contributed by atoms with Gasteiger partial charge in [-0.1, -0.05) is 37.3 Å². The number of alkyl halides is 1. The van der Waals surface area contributed by atoms with E-state index in [1.165, 1.54) is 5.56 Å². The first-order chi connectivity index (χ1) is 9.20. The summed E-state index contributed by atoms with van der Waals surface area (Å²) in [6, 6.07) is 10.9. The highest BCUT2D eigenvalue weighted by atomic mass is 19.1. The lowest BCUT2D eigenvalue weighted by molar-refractivity contribution is -0.648. The van der Waals surface area contributed by atoms with E-state index in [1.54, 1.807) is 0 Å². The predicted octanol–water partition coefficient (Wildman–Crippen LogP) is 2.15. The van der Waals surface area contributed by atoms with Gasteiger partial charge in [-0.2, -0.15) is 7.05 Å². The quantitative estimate of drug-likeness (QED) is 0.808. The highest BCUT2D eigenvalue weighted by Crippen LogP contribution is 2.21. The minimum Gasteiger partial charge on any atom is -0.472 e. The fourth-order valence-corrected chi connectivity index (χ4v) is 2.98. The zero-order valence-electron chi connectivity index (χ0n) is 11.8. The van der Waals surface area contributed by atoms with E-state index in [0.717, 1.165) is 19.6 Å². The number of likely N-dealkylation sites (tertiary alicyclic amines) is 1. The second-order valence-electron chi connectivity index (χ2n) is 5.62. The predicted molar refractivity (Wildman–Crippen MR) is 76.2 cm³/mol. The molecule has 0 amide bonds.